The summed E-state index contributed by atoms with van der Waals surface area (Å²) in [6.07, 6.45) is 4.77. The second-order valence-corrected chi connectivity index (χ2v) is 7.18. The molecule has 1 aromatic rings. The average Bonchev–Trinajstić information content (AvgIpc) is 2.61. The summed E-state index contributed by atoms with van der Waals surface area (Å²) in [5, 5.41) is 18.4. The fourth-order valence-corrected chi connectivity index (χ4v) is 2.56. The highest BCUT2D eigenvalue weighted by atomic mass is 16.4. The van der Waals surface area contributed by atoms with Gasteiger partial charge in [0.2, 0.25) is 0 Å². The maximum absolute atomic E-state index is 11.3. The van der Waals surface area contributed by atoms with E-state index in [0.29, 0.717) is 17.0 Å². The molecule has 0 aromatic heterocycles. The van der Waals surface area contributed by atoms with Crippen LogP contribution in [-0.4, -0.2) is 33.6 Å². The largest absolute Gasteiger partial charge is 0.478 e. The van der Waals surface area contributed by atoms with Crippen molar-refractivity contribution in [2.24, 2.45) is 9.98 Å². The summed E-state index contributed by atoms with van der Waals surface area (Å²) in [7, 11) is 0. The maximum atomic E-state index is 11.3. The van der Waals surface area contributed by atoms with E-state index in [2.05, 4.69) is 9.98 Å². The van der Waals surface area contributed by atoms with Crippen LogP contribution in [0.25, 0.3) is 0 Å². The Hall–Kier alpha value is -3.28. The zero-order chi connectivity index (χ0) is 22.3. The van der Waals surface area contributed by atoms with Gasteiger partial charge in [-0.2, -0.15) is 0 Å². The van der Waals surface area contributed by atoms with Crippen molar-refractivity contribution in [3.8, 4) is 0 Å². The Morgan fingerprint density at radius 1 is 0.897 bits per heavy atom. The van der Waals surface area contributed by atoms with Gasteiger partial charge in [0, 0.05) is 6.20 Å². The highest BCUT2D eigenvalue weighted by Gasteiger charge is 2.10. The summed E-state index contributed by atoms with van der Waals surface area (Å²) in [6.45, 7) is 12.7. The van der Waals surface area contributed by atoms with E-state index in [4.69, 9.17) is 5.11 Å². The molecule has 0 saturated carbocycles. The molecule has 154 valence electrons. The van der Waals surface area contributed by atoms with E-state index >= 15 is 0 Å². The van der Waals surface area contributed by atoms with Crippen molar-refractivity contribution in [1.29, 1.82) is 0 Å². The minimum absolute atomic E-state index is 0.196. The number of hydrogen-bond donors (Lipinski definition) is 2. The number of nitrogens with zero attached hydrogens (tertiary/aromatic N) is 2. The minimum atomic E-state index is -0.992. The first-order valence-electron chi connectivity index (χ1n) is 9.13. The monoisotopic (exact) mass is 396 g/mol. The van der Waals surface area contributed by atoms with Crippen LogP contribution in [0.15, 0.2) is 57.2 Å². The maximum Gasteiger partial charge on any atom is 0.335 e. The van der Waals surface area contributed by atoms with Gasteiger partial charge < -0.3 is 10.2 Å². The fourth-order valence-electron chi connectivity index (χ4n) is 2.56. The lowest BCUT2D eigenvalue weighted by molar-refractivity contribution is -0.132. The zero-order valence-electron chi connectivity index (χ0n) is 18.0. The van der Waals surface area contributed by atoms with Crippen molar-refractivity contribution in [3.05, 3.63) is 63.9 Å². The molecule has 0 atom stereocenters. The molecule has 6 heteroatoms. The molecular weight excluding hydrogens is 368 g/mol. The SMILES string of the molecule is CC(C)=C/C(=C\C(C)=C\N=C(C)C(C)=Nc1c(C)cc(C(=O)O)cc1C)C(=O)O. The molecule has 0 amide bonds. The summed E-state index contributed by atoms with van der Waals surface area (Å²) >= 11 is 0. The molecule has 0 radical (unpaired) electrons. The van der Waals surface area contributed by atoms with Gasteiger partial charge in [0.05, 0.1) is 28.2 Å². The van der Waals surface area contributed by atoms with Gasteiger partial charge in [-0.3, -0.25) is 9.98 Å². The second kappa shape index (κ2) is 10.3. The fraction of sp³-hybridized carbons (Fsp3) is 0.304. The minimum Gasteiger partial charge on any atom is -0.478 e. The Morgan fingerprint density at radius 3 is 1.90 bits per heavy atom. The van der Waals surface area contributed by atoms with Gasteiger partial charge in [-0.15, -0.1) is 0 Å². The van der Waals surface area contributed by atoms with E-state index in [-0.39, 0.29) is 11.1 Å². The molecule has 0 saturated heterocycles. The molecule has 0 aliphatic rings. The van der Waals surface area contributed by atoms with Gasteiger partial charge in [0.15, 0.2) is 0 Å². The smallest absolute Gasteiger partial charge is 0.335 e. The number of hydrogen-bond acceptors (Lipinski definition) is 4. The molecule has 0 heterocycles. The van der Waals surface area contributed by atoms with Crippen LogP contribution in [0.3, 0.4) is 0 Å². The first kappa shape index (κ1) is 23.8. The molecule has 0 aliphatic heterocycles. The molecule has 2 N–H and O–H groups in total. The molecule has 1 rings (SSSR count). The molecular formula is C23H28N2O4. The highest BCUT2D eigenvalue weighted by Crippen LogP contribution is 2.25. The lowest BCUT2D eigenvalue weighted by Gasteiger charge is -2.08. The van der Waals surface area contributed by atoms with E-state index in [1.165, 1.54) is 0 Å². The average molecular weight is 396 g/mol. The predicted octanol–water partition coefficient (Wildman–Crippen LogP) is 5.44. The molecule has 29 heavy (non-hydrogen) atoms. The van der Waals surface area contributed by atoms with Gasteiger partial charge in [0.1, 0.15) is 0 Å². The number of allylic oxidation sites excluding steroid dienone is 3. The molecule has 0 bridgehead atoms. The van der Waals surface area contributed by atoms with Crippen LogP contribution in [0.4, 0.5) is 5.69 Å². The topological polar surface area (TPSA) is 99.3 Å². The number of carbonyl (C=O) groups is 2. The van der Waals surface area contributed by atoms with Crippen molar-refractivity contribution in [1.82, 2.24) is 0 Å². The van der Waals surface area contributed by atoms with Crippen LogP contribution in [0.1, 0.15) is 56.1 Å². The lowest BCUT2D eigenvalue weighted by atomic mass is 10.0. The van der Waals surface area contributed by atoms with Gasteiger partial charge in [0.25, 0.3) is 0 Å². The number of rotatable bonds is 7. The van der Waals surface area contributed by atoms with Crippen molar-refractivity contribution in [2.45, 2.75) is 48.5 Å². The van der Waals surface area contributed by atoms with Crippen LogP contribution in [0.2, 0.25) is 0 Å². The number of aliphatic imine (C=N–C) groups is 2. The highest BCUT2D eigenvalue weighted by molar-refractivity contribution is 6.41. The van der Waals surface area contributed by atoms with Crippen LogP contribution in [-0.2, 0) is 4.79 Å². The molecule has 1 aromatic carbocycles. The Balaban J connectivity index is 3.21. The Labute approximate surface area is 171 Å². The number of carboxylic acid groups (broad SMARTS) is 2. The van der Waals surface area contributed by atoms with Gasteiger partial charge in [-0.25, -0.2) is 9.59 Å². The normalized spacial score (nSPS) is 13.3. The van der Waals surface area contributed by atoms with Crippen molar-refractivity contribution < 1.29 is 19.8 Å². The third-order valence-electron chi connectivity index (χ3n) is 4.08. The number of aromatic carboxylic acids is 1. The first-order chi connectivity index (χ1) is 13.4. The first-order valence-corrected chi connectivity index (χ1v) is 9.13. The van der Waals surface area contributed by atoms with Crippen LogP contribution < -0.4 is 0 Å². The lowest BCUT2D eigenvalue weighted by Crippen LogP contribution is -2.05. The zero-order valence-corrected chi connectivity index (χ0v) is 18.0. The second-order valence-electron chi connectivity index (χ2n) is 7.18. The molecule has 6 nitrogen and oxygen atoms in total. The van der Waals surface area contributed by atoms with Crippen LogP contribution in [0, 0.1) is 13.8 Å². The summed E-state index contributed by atoms with van der Waals surface area (Å²) in [4.78, 5) is 31.5. The predicted molar refractivity (Wildman–Crippen MR) is 118 cm³/mol. The quantitative estimate of drug-likeness (QED) is 0.364. The Kier molecular flexibility index (Phi) is 8.45. The van der Waals surface area contributed by atoms with Crippen LogP contribution in [0.5, 0.6) is 0 Å². The van der Waals surface area contributed by atoms with Gasteiger partial charge in [-0.05, 0) is 89.5 Å². The standard InChI is InChI=1S/C23H28N2O4/c1-13(2)8-19(22(26)27)9-14(3)12-24-17(6)18(7)25-21-15(4)10-20(23(28)29)11-16(21)5/h8-12H,1-7H3,(H,26,27)(H,28,29)/b14-12+,19-9+,24-17?,25-18?. The van der Waals surface area contributed by atoms with E-state index in [1.54, 1.807) is 37.4 Å². The molecule has 0 unspecified atom stereocenters. The van der Waals surface area contributed by atoms with Crippen LogP contribution >= 0.6 is 0 Å². The van der Waals surface area contributed by atoms with Crippen molar-refractivity contribution >= 4 is 29.0 Å². The van der Waals surface area contributed by atoms with E-state index in [0.717, 1.165) is 22.4 Å². The summed E-state index contributed by atoms with van der Waals surface area (Å²) < 4.78 is 0. The third-order valence-corrected chi connectivity index (χ3v) is 4.08. The molecule has 0 fully saturated rings. The summed E-state index contributed by atoms with van der Waals surface area (Å²) in [6, 6.07) is 3.19. The molecule has 0 spiro atoms. The van der Waals surface area contributed by atoms with E-state index in [1.807, 2.05) is 41.5 Å². The van der Waals surface area contributed by atoms with Gasteiger partial charge >= 0.3 is 11.9 Å². The number of carboxylic acids is 2. The Bertz CT molecular complexity index is 950. The van der Waals surface area contributed by atoms with E-state index < -0.39 is 11.9 Å². The number of aliphatic carboxylic acids is 1. The van der Waals surface area contributed by atoms with Crippen molar-refractivity contribution in [3.63, 3.8) is 0 Å². The number of aryl methyl sites for hydroxylation is 2. The number of benzene rings is 1. The van der Waals surface area contributed by atoms with Gasteiger partial charge in [-0.1, -0.05) is 5.57 Å². The summed E-state index contributed by atoms with van der Waals surface area (Å²) in [5.41, 5.74) is 5.67. The Morgan fingerprint density at radius 2 is 1.45 bits per heavy atom. The third kappa shape index (κ3) is 7.33. The summed E-state index contributed by atoms with van der Waals surface area (Å²) in [5.74, 6) is -1.96. The molecule has 0 aliphatic carbocycles. The van der Waals surface area contributed by atoms with E-state index in [9.17, 15) is 14.7 Å². The van der Waals surface area contributed by atoms with Crippen molar-refractivity contribution in [2.75, 3.05) is 0 Å².